The first-order valence-corrected chi connectivity index (χ1v) is 20.0. The molecule has 56 heavy (non-hydrogen) atoms. The molecule has 1 aromatic heterocycles. The average molecular weight is 777 g/mol. The van der Waals surface area contributed by atoms with Crippen LogP contribution in [0.25, 0.3) is 4.85 Å². The quantitative estimate of drug-likeness (QED) is 0.240. The van der Waals surface area contributed by atoms with Crippen molar-refractivity contribution >= 4 is 63.8 Å². The van der Waals surface area contributed by atoms with Crippen molar-refractivity contribution in [2.24, 2.45) is 11.8 Å². The van der Waals surface area contributed by atoms with Gasteiger partial charge in [-0.1, -0.05) is 17.7 Å². The number of piperidine rings is 3. The number of nitrogens with one attached hydrogen (secondary N) is 1. The molecule has 0 bridgehead atoms. The van der Waals surface area contributed by atoms with E-state index in [9.17, 15) is 24.0 Å². The SMILES string of the molecule is [C-]#[N+]c1ccc(N2CCC(C(=O)Cc3ccc(N4CCC(CN5CCN(c6ccc7c(c6)C(=O)N(C6CCC(=O)NC6=O)C7=O)CC5)CC4)cn3)CC2)cc1Cl. The molecule has 5 aliphatic rings. The summed E-state index contributed by atoms with van der Waals surface area (Å²) in [6.45, 7) is 15.2. The van der Waals surface area contributed by atoms with Crippen molar-refractivity contribution in [3.63, 3.8) is 0 Å². The largest absolute Gasteiger partial charge is 0.372 e. The number of carbonyl (C=O) groups is 5. The number of ketones is 1. The van der Waals surface area contributed by atoms with Gasteiger partial charge in [-0.15, -0.1) is 0 Å². The van der Waals surface area contributed by atoms with Crippen molar-refractivity contribution in [3.8, 4) is 0 Å². The van der Waals surface area contributed by atoms with E-state index in [0.717, 1.165) is 112 Å². The van der Waals surface area contributed by atoms with Gasteiger partial charge in [-0.25, -0.2) is 4.85 Å². The first-order valence-electron chi connectivity index (χ1n) is 19.6. The van der Waals surface area contributed by atoms with Gasteiger partial charge in [0, 0.05) is 99.8 Å². The van der Waals surface area contributed by atoms with Gasteiger partial charge in [0.25, 0.3) is 11.8 Å². The number of rotatable bonds is 9. The summed E-state index contributed by atoms with van der Waals surface area (Å²) in [6.07, 6.45) is 6.27. The third kappa shape index (κ3) is 7.73. The van der Waals surface area contributed by atoms with Crippen molar-refractivity contribution in [1.29, 1.82) is 0 Å². The Morgan fingerprint density at radius 3 is 2.09 bits per heavy atom. The molecule has 6 heterocycles. The van der Waals surface area contributed by atoms with Crippen LogP contribution in [0.15, 0.2) is 54.7 Å². The maximum Gasteiger partial charge on any atom is 0.262 e. The minimum Gasteiger partial charge on any atom is -0.372 e. The van der Waals surface area contributed by atoms with Crippen LogP contribution < -0.4 is 20.0 Å². The maximum absolute atomic E-state index is 13.3. The number of halogens is 1. The topological polar surface area (TPSA) is 131 Å². The number of fused-ring (bicyclic) bond motifs is 1. The number of anilines is 3. The molecule has 8 rings (SSSR count). The Morgan fingerprint density at radius 2 is 1.41 bits per heavy atom. The van der Waals surface area contributed by atoms with Crippen LogP contribution in [0, 0.1) is 18.4 Å². The van der Waals surface area contributed by atoms with E-state index in [2.05, 4.69) is 40.8 Å². The molecule has 14 heteroatoms. The molecule has 2 aromatic carbocycles. The zero-order chi connectivity index (χ0) is 38.9. The van der Waals surface area contributed by atoms with Gasteiger partial charge in [-0.05, 0) is 80.5 Å². The van der Waals surface area contributed by atoms with Gasteiger partial charge in [-0.2, -0.15) is 0 Å². The van der Waals surface area contributed by atoms with Gasteiger partial charge in [0.2, 0.25) is 17.5 Å². The number of hydrogen-bond donors (Lipinski definition) is 1. The van der Waals surface area contributed by atoms with E-state index in [-0.39, 0.29) is 30.4 Å². The van der Waals surface area contributed by atoms with E-state index in [4.69, 9.17) is 18.2 Å². The highest BCUT2D eigenvalue weighted by Gasteiger charge is 2.45. The molecule has 0 aliphatic carbocycles. The van der Waals surface area contributed by atoms with Crippen molar-refractivity contribution in [3.05, 3.63) is 88.0 Å². The van der Waals surface area contributed by atoms with Crippen LogP contribution in [0.5, 0.6) is 0 Å². The summed E-state index contributed by atoms with van der Waals surface area (Å²) in [5.74, 6) is -1.10. The molecular formula is C42H45ClN8O5. The van der Waals surface area contributed by atoms with Gasteiger partial charge < -0.3 is 14.7 Å². The lowest BCUT2D eigenvalue weighted by atomic mass is 9.90. The van der Waals surface area contributed by atoms with Crippen LogP contribution in [0.3, 0.4) is 0 Å². The summed E-state index contributed by atoms with van der Waals surface area (Å²) in [7, 11) is 0. The Bertz CT molecular complexity index is 2080. The summed E-state index contributed by atoms with van der Waals surface area (Å²) in [4.78, 5) is 82.2. The normalized spacial score (nSPS) is 21.3. The smallest absolute Gasteiger partial charge is 0.262 e. The molecule has 5 aliphatic heterocycles. The first kappa shape index (κ1) is 37.6. The average Bonchev–Trinajstić information content (AvgIpc) is 3.46. The lowest BCUT2D eigenvalue weighted by molar-refractivity contribution is -0.136. The number of aromatic nitrogens is 1. The lowest BCUT2D eigenvalue weighted by Crippen LogP contribution is -2.54. The van der Waals surface area contributed by atoms with Gasteiger partial charge in [0.15, 0.2) is 0 Å². The molecule has 290 valence electrons. The second-order valence-electron chi connectivity index (χ2n) is 15.6. The Kier molecular flexibility index (Phi) is 10.8. The Morgan fingerprint density at radius 1 is 0.768 bits per heavy atom. The van der Waals surface area contributed by atoms with Crippen molar-refractivity contribution in [2.45, 2.75) is 51.0 Å². The van der Waals surface area contributed by atoms with Crippen LogP contribution >= 0.6 is 11.6 Å². The summed E-state index contributed by atoms with van der Waals surface area (Å²) in [6, 6.07) is 14.0. The minimum atomic E-state index is -0.969. The second kappa shape index (κ2) is 16.0. The molecule has 0 saturated carbocycles. The van der Waals surface area contributed by atoms with E-state index in [0.29, 0.717) is 34.2 Å². The van der Waals surface area contributed by atoms with E-state index >= 15 is 0 Å². The molecular weight excluding hydrogens is 732 g/mol. The third-order valence-corrected chi connectivity index (χ3v) is 12.5. The molecule has 0 radical (unpaired) electrons. The molecule has 4 fully saturated rings. The molecule has 1 N–H and O–H groups in total. The Hall–Kier alpha value is -5.32. The second-order valence-corrected chi connectivity index (χ2v) is 16.0. The molecule has 3 aromatic rings. The Balaban J connectivity index is 0.762. The number of Topliss-reactive ketones (excluding diaryl/α,β-unsaturated/α-hetero) is 1. The first-order chi connectivity index (χ1) is 27.1. The predicted molar refractivity (Wildman–Crippen MR) is 212 cm³/mol. The van der Waals surface area contributed by atoms with Crippen LogP contribution in [-0.2, 0) is 20.8 Å². The molecule has 4 amide bonds. The highest BCUT2D eigenvalue weighted by molar-refractivity contribution is 6.33. The van der Waals surface area contributed by atoms with E-state index in [1.165, 1.54) is 0 Å². The van der Waals surface area contributed by atoms with E-state index in [1.54, 1.807) is 18.2 Å². The monoisotopic (exact) mass is 776 g/mol. The summed E-state index contributed by atoms with van der Waals surface area (Å²) in [5, 5.41) is 2.70. The van der Waals surface area contributed by atoms with Gasteiger partial charge in [0.1, 0.15) is 11.8 Å². The minimum absolute atomic E-state index is 0.0179. The zero-order valence-electron chi connectivity index (χ0n) is 31.3. The summed E-state index contributed by atoms with van der Waals surface area (Å²) >= 11 is 6.25. The van der Waals surface area contributed by atoms with Crippen molar-refractivity contribution in [2.75, 3.05) is 73.6 Å². The van der Waals surface area contributed by atoms with E-state index < -0.39 is 23.8 Å². The number of nitrogens with zero attached hydrogens (tertiary/aromatic N) is 7. The van der Waals surface area contributed by atoms with Crippen LogP contribution in [-0.4, -0.2) is 109 Å². The van der Waals surface area contributed by atoms with Crippen LogP contribution in [0.1, 0.15) is 64.9 Å². The van der Waals surface area contributed by atoms with Gasteiger partial charge in [-0.3, -0.25) is 44.1 Å². The number of pyridine rings is 1. The lowest BCUT2D eigenvalue weighted by Gasteiger charge is -2.40. The fourth-order valence-corrected chi connectivity index (χ4v) is 9.07. The van der Waals surface area contributed by atoms with Crippen LogP contribution in [0.2, 0.25) is 5.02 Å². The number of carbonyl (C=O) groups excluding carboxylic acids is 5. The molecule has 1 atom stereocenters. The zero-order valence-corrected chi connectivity index (χ0v) is 32.0. The molecule has 4 saturated heterocycles. The number of amides is 4. The van der Waals surface area contributed by atoms with Crippen molar-refractivity contribution < 1.29 is 24.0 Å². The highest BCUT2D eigenvalue weighted by atomic mass is 35.5. The van der Waals surface area contributed by atoms with Crippen molar-refractivity contribution in [1.82, 2.24) is 20.1 Å². The maximum atomic E-state index is 13.3. The Labute approximate surface area is 331 Å². The highest BCUT2D eigenvalue weighted by Crippen LogP contribution is 2.34. The predicted octanol–water partition coefficient (Wildman–Crippen LogP) is 4.75. The van der Waals surface area contributed by atoms with E-state index in [1.807, 2.05) is 30.5 Å². The number of piperazine rings is 1. The molecule has 0 spiro atoms. The van der Waals surface area contributed by atoms with Gasteiger partial charge >= 0.3 is 0 Å². The fraction of sp³-hybridized carbons (Fsp3) is 0.452. The summed E-state index contributed by atoms with van der Waals surface area (Å²) in [5.41, 5.74) is 4.85. The third-order valence-electron chi connectivity index (χ3n) is 12.2. The number of hydrogen-bond acceptors (Lipinski definition) is 10. The molecule has 1 unspecified atom stereocenters. The molecule has 13 nitrogen and oxygen atoms in total. The standard InChI is InChI=1S/C42H45ClN8O5/c1-44-36-7-5-31(24-35(36)43)48-16-12-28(13-17-48)38(52)22-29-2-3-32(25-45-29)49-14-10-27(11-15-49)26-47-18-20-50(21-19-47)30-4-6-33-34(23-30)42(56)51(41(33)55)37-8-9-39(53)46-40(37)54/h2-7,23-25,27-28,37H,8-22,26H2,(H,46,53,54). The fourth-order valence-electron chi connectivity index (χ4n) is 8.86. The number of imide groups is 2. The van der Waals surface area contributed by atoms with Gasteiger partial charge in [0.05, 0.1) is 29.6 Å². The van der Waals surface area contributed by atoms with Crippen LogP contribution in [0.4, 0.5) is 22.7 Å². The summed E-state index contributed by atoms with van der Waals surface area (Å²) < 4.78 is 0. The number of benzene rings is 2.